The highest BCUT2D eigenvalue weighted by Crippen LogP contribution is 2.27. The highest BCUT2D eigenvalue weighted by Gasteiger charge is 2.30. The number of rotatable bonds is 5. The van der Waals surface area contributed by atoms with Gasteiger partial charge in [-0.3, -0.25) is 4.79 Å². The van der Waals surface area contributed by atoms with Crippen molar-refractivity contribution in [3.63, 3.8) is 0 Å². The number of sulfone groups is 1. The second-order valence-corrected chi connectivity index (χ2v) is 8.76. The molecule has 0 aliphatic carbocycles. The van der Waals surface area contributed by atoms with Crippen molar-refractivity contribution < 1.29 is 22.0 Å². The van der Waals surface area contributed by atoms with Gasteiger partial charge in [-0.15, -0.1) is 0 Å². The summed E-state index contributed by atoms with van der Waals surface area (Å²) in [6, 6.07) is 15.9. The van der Waals surface area contributed by atoms with E-state index in [2.05, 4.69) is 10.3 Å². The Bertz CT molecular complexity index is 1370. The summed E-state index contributed by atoms with van der Waals surface area (Å²) >= 11 is 0. The Morgan fingerprint density at radius 2 is 1.81 bits per heavy atom. The number of halogens is 2. The summed E-state index contributed by atoms with van der Waals surface area (Å²) in [5, 5.41) is 2.64. The molecule has 1 amide bonds. The number of anilines is 1. The van der Waals surface area contributed by atoms with E-state index in [0.29, 0.717) is 11.4 Å². The van der Waals surface area contributed by atoms with Gasteiger partial charge in [0.1, 0.15) is 5.65 Å². The first-order valence-corrected chi connectivity index (χ1v) is 10.8. The average Bonchev–Trinajstić information content (AvgIpc) is 3.19. The first-order valence-electron chi connectivity index (χ1n) is 9.24. The van der Waals surface area contributed by atoms with Crippen LogP contribution in [0.5, 0.6) is 0 Å². The molecule has 0 saturated heterocycles. The number of nitrogens with zero attached hydrogens (tertiary/aromatic N) is 2. The summed E-state index contributed by atoms with van der Waals surface area (Å²) in [6.07, 6.45) is 3.71. The lowest BCUT2D eigenvalue weighted by Gasteiger charge is -2.13. The fourth-order valence-electron chi connectivity index (χ4n) is 3.18. The monoisotopic (exact) mass is 441 g/mol. The summed E-state index contributed by atoms with van der Waals surface area (Å²) < 4.78 is 51.8. The van der Waals surface area contributed by atoms with Gasteiger partial charge < -0.3 is 9.72 Å². The standard InChI is InChI=1S/C22H17F2N3O3S/c1-14-9-10-15(18-13-27-11-5-4-8-20(27)25-18)12-17(14)26-21(28)16-6-2-3-7-19(16)31(29,30)22(23)24/h2-13,22H,1H3,(H,26,28). The molecule has 6 nitrogen and oxygen atoms in total. The van der Waals surface area contributed by atoms with Crippen LogP contribution in [0.1, 0.15) is 15.9 Å². The van der Waals surface area contributed by atoms with E-state index in [1.54, 1.807) is 19.1 Å². The number of hydrogen-bond acceptors (Lipinski definition) is 4. The first kappa shape index (κ1) is 20.7. The molecule has 0 atom stereocenters. The molecule has 0 fully saturated rings. The van der Waals surface area contributed by atoms with Gasteiger partial charge in [0.25, 0.3) is 5.91 Å². The Morgan fingerprint density at radius 1 is 1.06 bits per heavy atom. The molecule has 0 aliphatic rings. The van der Waals surface area contributed by atoms with Crippen molar-refractivity contribution in [3.8, 4) is 11.3 Å². The molecule has 0 spiro atoms. The number of benzene rings is 2. The number of alkyl halides is 2. The molecule has 0 unspecified atom stereocenters. The number of pyridine rings is 1. The van der Waals surface area contributed by atoms with E-state index in [1.165, 1.54) is 18.2 Å². The number of fused-ring (bicyclic) bond motifs is 1. The van der Waals surface area contributed by atoms with Crippen LogP contribution in [0.15, 0.2) is 78.0 Å². The molecule has 2 aromatic heterocycles. The fourth-order valence-corrected chi connectivity index (χ4v) is 4.11. The van der Waals surface area contributed by atoms with Crippen molar-refractivity contribution in [2.75, 3.05) is 5.32 Å². The predicted molar refractivity (Wildman–Crippen MR) is 113 cm³/mol. The lowest BCUT2D eigenvalue weighted by molar-refractivity contribution is 0.102. The summed E-state index contributed by atoms with van der Waals surface area (Å²) in [7, 11) is -4.93. The van der Waals surface area contributed by atoms with Crippen LogP contribution in [0.2, 0.25) is 0 Å². The molecule has 4 rings (SSSR count). The van der Waals surface area contributed by atoms with Gasteiger partial charge in [0.05, 0.1) is 16.2 Å². The zero-order valence-corrected chi connectivity index (χ0v) is 17.1. The van der Waals surface area contributed by atoms with Crippen LogP contribution in [0.25, 0.3) is 16.9 Å². The quantitative estimate of drug-likeness (QED) is 0.492. The van der Waals surface area contributed by atoms with Gasteiger partial charge in [-0.2, -0.15) is 8.78 Å². The minimum absolute atomic E-state index is 0.347. The second-order valence-electron chi connectivity index (χ2n) is 6.88. The van der Waals surface area contributed by atoms with Crippen LogP contribution in [-0.2, 0) is 9.84 Å². The Kier molecular flexibility index (Phi) is 5.28. The van der Waals surface area contributed by atoms with Gasteiger partial charge >= 0.3 is 5.76 Å². The number of aryl methyl sites for hydroxylation is 1. The molecule has 0 saturated carbocycles. The smallest absolute Gasteiger partial charge is 0.322 e. The molecule has 2 aromatic carbocycles. The first-order chi connectivity index (χ1) is 14.8. The van der Waals surface area contributed by atoms with Gasteiger partial charge in [-0.25, -0.2) is 13.4 Å². The van der Waals surface area contributed by atoms with Crippen LogP contribution < -0.4 is 5.32 Å². The van der Waals surface area contributed by atoms with Crippen molar-refractivity contribution in [1.82, 2.24) is 9.38 Å². The van der Waals surface area contributed by atoms with Gasteiger partial charge in [0.2, 0.25) is 9.84 Å². The van der Waals surface area contributed by atoms with Crippen molar-refractivity contribution in [3.05, 3.63) is 84.2 Å². The van der Waals surface area contributed by atoms with Gasteiger partial charge in [-0.05, 0) is 42.8 Å². The Labute approximate surface area is 177 Å². The number of imidazole rings is 1. The van der Waals surface area contributed by atoms with E-state index in [4.69, 9.17) is 0 Å². The van der Waals surface area contributed by atoms with Crippen molar-refractivity contribution in [1.29, 1.82) is 0 Å². The van der Waals surface area contributed by atoms with Gasteiger partial charge in [0.15, 0.2) is 0 Å². The molecule has 31 heavy (non-hydrogen) atoms. The van der Waals surface area contributed by atoms with Crippen molar-refractivity contribution >= 4 is 27.1 Å². The second kappa shape index (κ2) is 7.92. The maximum Gasteiger partial charge on any atom is 0.341 e. The summed E-state index contributed by atoms with van der Waals surface area (Å²) in [4.78, 5) is 16.6. The third-order valence-electron chi connectivity index (χ3n) is 4.82. The fraction of sp³-hybridized carbons (Fsp3) is 0.0909. The van der Waals surface area contributed by atoms with Crippen molar-refractivity contribution in [2.45, 2.75) is 17.6 Å². The molecule has 1 N–H and O–H groups in total. The van der Waals surface area contributed by atoms with Crippen LogP contribution in [-0.4, -0.2) is 29.5 Å². The van der Waals surface area contributed by atoms with E-state index in [1.807, 2.05) is 41.1 Å². The minimum Gasteiger partial charge on any atom is -0.322 e. The van der Waals surface area contributed by atoms with Gasteiger partial charge in [0, 0.05) is 23.6 Å². The largest absolute Gasteiger partial charge is 0.341 e. The lowest BCUT2D eigenvalue weighted by Crippen LogP contribution is -2.20. The Hall–Kier alpha value is -3.59. The van der Waals surface area contributed by atoms with Crippen LogP contribution in [0, 0.1) is 6.92 Å². The molecule has 0 radical (unpaired) electrons. The third kappa shape index (κ3) is 3.91. The molecule has 158 valence electrons. The average molecular weight is 441 g/mol. The number of amides is 1. The van der Waals surface area contributed by atoms with Crippen LogP contribution >= 0.6 is 0 Å². The molecule has 0 bridgehead atoms. The molecule has 9 heteroatoms. The summed E-state index contributed by atoms with van der Waals surface area (Å²) in [5.41, 5.74) is 2.97. The molecular weight excluding hydrogens is 424 g/mol. The van der Waals surface area contributed by atoms with Crippen LogP contribution in [0.3, 0.4) is 0 Å². The number of aromatic nitrogens is 2. The Balaban J connectivity index is 1.69. The number of carbonyl (C=O) groups excluding carboxylic acids is 1. The topological polar surface area (TPSA) is 80.5 Å². The number of carbonyl (C=O) groups is 1. The van der Waals surface area contributed by atoms with Gasteiger partial charge in [-0.1, -0.05) is 30.3 Å². The molecule has 0 aliphatic heterocycles. The van der Waals surface area contributed by atoms with Crippen LogP contribution in [0.4, 0.5) is 14.5 Å². The zero-order chi connectivity index (χ0) is 22.2. The molecular formula is C22H17F2N3O3S. The minimum atomic E-state index is -4.93. The van der Waals surface area contributed by atoms with E-state index in [-0.39, 0.29) is 5.56 Å². The summed E-state index contributed by atoms with van der Waals surface area (Å²) in [5.74, 6) is -4.42. The molecule has 4 aromatic rings. The highest BCUT2D eigenvalue weighted by molar-refractivity contribution is 7.91. The van der Waals surface area contributed by atoms with E-state index >= 15 is 0 Å². The SMILES string of the molecule is Cc1ccc(-c2cn3ccccc3n2)cc1NC(=O)c1ccccc1S(=O)(=O)C(F)F. The van der Waals surface area contributed by atoms with E-state index in [0.717, 1.165) is 22.8 Å². The zero-order valence-electron chi connectivity index (χ0n) is 16.3. The highest BCUT2D eigenvalue weighted by atomic mass is 32.2. The Morgan fingerprint density at radius 3 is 2.55 bits per heavy atom. The molecule has 2 heterocycles. The number of nitrogens with one attached hydrogen (secondary N) is 1. The maximum atomic E-state index is 13.0. The lowest BCUT2D eigenvalue weighted by atomic mass is 10.1. The van der Waals surface area contributed by atoms with Crippen molar-refractivity contribution in [2.24, 2.45) is 0 Å². The third-order valence-corrected chi connectivity index (χ3v) is 6.26. The number of hydrogen-bond donors (Lipinski definition) is 1. The normalized spacial score (nSPS) is 11.7. The predicted octanol–water partition coefficient (Wildman–Crippen LogP) is 4.56. The maximum absolute atomic E-state index is 13.0. The van der Waals surface area contributed by atoms with E-state index in [9.17, 15) is 22.0 Å². The van der Waals surface area contributed by atoms with E-state index < -0.39 is 26.4 Å². The summed E-state index contributed by atoms with van der Waals surface area (Å²) in [6.45, 7) is 1.77.